The van der Waals surface area contributed by atoms with Gasteiger partial charge in [-0.1, -0.05) is 25.1 Å². The Kier molecular flexibility index (Phi) is 6.55. The van der Waals surface area contributed by atoms with Gasteiger partial charge in [0.15, 0.2) is 5.82 Å². The lowest BCUT2D eigenvalue weighted by Gasteiger charge is -2.17. The fourth-order valence-corrected chi connectivity index (χ4v) is 2.24. The van der Waals surface area contributed by atoms with Crippen LogP contribution in [-0.2, 0) is 11.3 Å². The molecular weight excluding hydrogens is 322 g/mol. The van der Waals surface area contributed by atoms with Crippen LogP contribution < -0.4 is 15.2 Å². The lowest BCUT2D eigenvalue weighted by Crippen LogP contribution is -2.12. The van der Waals surface area contributed by atoms with Gasteiger partial charge in [-0.3, -0.25) is 0 Å². The van der Waals surface area contributed by atoms with Crippen LogP contribution in [0.2, 0.25) is 0 Å². The summed E-state index contributed by atoms with van der Waals surface area (Å²) >= 11 is 0. The van der Waals surface area contributed by atoms with E-state index in [1.54, 1.807) is 6.07 Å². The van der Waals surface area contributed by atoms with Crippen molar-refractivity contribution in [2.24, 2.45) is 0 Å². The van der Waals surface area contributed by atoms with Crippen LogP contribution in [0, 0.1) is 0 Å². The number of rotatable bonds is 8. The molecule has 3 N–H and O–H groups in total. The summed E-state index contributed by atoms with van der Waals surface area (Å²) in [5.74, 6) is 0.759. The lowest BCUT2D eigenvalue weighted by atomic mass is 10.0. The fraction of sp³-hybridized carbons (Fsp3) is 0.444. The van der Waals surface area contributed by atoms with E-state index < -0.39 is 6.10 Å². The van der Waals surface area contributed by atoms with Gasteiger partial charge in [0, 0.05) is 16.8 Å². The number of hydrogen-bond acceptors (Lipinski definition) is 7. The molecule has 25 heavy (non-hydrogen) atoms. The number of anilines is 1. The average molecular weight is 347 g/mol. The molecule has 0 aliphatic rings. The Bertz CT molecular complexity index is 686. The molecule has 1 aromatic carbocycles. The number of nitrogens with zero attached hydrogens (tertiary/aromatic N) is 2. The summed E-state index contributed by atoms with van der Waals surface area (Å²) in [6.45, 7) is 4.44. The predicted molar refractivity (Wildman–Crippen MR) is 94.6 cm³/mol. The molecule has 136 valence electrons. The normalized spacial score (nSPS) is 13.3. The molecule has 0 aliphatic carbocycles. The summed E-state index contributed by atoms with van der Waals surface area (Å²) in [6, 6.07) is 6.97. The Hall–Kier alpha value is -2.38. The summed E-state index contributed by atoms with van der Waals surface area (Å²) in [5, 5.41) is 10.7. The molecule has 7 nitrogen and oxygen atoms in total. The van der Waals surface area contributed by atoms with Gasteiger partial charge in [0.05, 0.1) is 33.0 Å². The zero-order valence-electron chi connectivity index (χ0n) is 15.0. The van der Waals surface area contributed by atoms with Crippen LogP contribution in [0.4, 0.5) is 5.69 Å². The number of hydrogen-bond donors (Lipinski definition) is 2. The second-order valence-electron chi connectivity index (χ2n) is 5.66. The van der Waals surface area contributed by atoms with E-state index in [2.05, 4.69) is 16.9 Å². The standard InChI is InChI=1S/C18H25N3O4/c1-5-11(2)25-10-12-7-6-8-13(16(12)19)17(22)18-20-14(23-3)9-15(21-18)24-4/h6-9,11,17,22H,5,10,19H2,1-4H3. The molecule has 1 aromatic heterocycles. The molecule has 0 fully saturated rings. The minimum atomic E-state index is -1.10. The van der Waals surface area contributed by atoms with E-state index in [1.807, 2.05) is 19.1 Å². The van der Waals surface area contributed by atoms with Crippen LogP contribution >= 0.6 is 0 Å². The topological polar surface area (TPSA) is 99.7 Å². The maximum absolute atomic E-state index is 10.7. The van der Waals surface area contributed by atoms with Crippen LogP contribution in [0.1, 0.15) is 43.3 Å². The van der Waals surface area contributed by atoms with Crippen molar-refractivity contribution in [1.82, 2.24) is 9.97 Å². The van der Waals surface area contributed by atoms with Gasteiger partial charge in [-0.25, -0.2) is 0 Å². The second-order valence-corrected chi connectivity index (χ2v) is 5.66. The van der Waals surface area contributed by atoms with Gasteiger partial charge in [0.1, 0.15) is 6.10 Å². The zero-order chi connectivity index (χ0) is 18.4. The highest BCUT2D eigenvalue weighted by Gasteiger charge is 2.20. The van der Waals surface area contributed by atoms with Crippen LogP contribution in [0.5, 0.6) is 11.8 Å². The molecule has 0 bridgehead atoms. The molecular formula is C18H25N3O4. The van der Waals surface area contributed by atoms with Crippen molar-refractivity contribution < 1.29 is 19.3 Å². The summed E-state index contributed by atoms with van der Waals surface area (Å²) < 4.78 is 16.0. The number of aliphatic hydroxyl groups excluding tert-OH is 1. The Balaban J connectivity index is 2.31. The highest BCUT2D eigenvalue weighted by Crippen LogP contribution is 2.30. The number of ether oxygens (including phenoxy) is 3. The fourth-order valence-electron chi connectivity index (χ4n) is 2.24. The molecule has 1 heterocycles. The molecule has 2 unspecified atom stereocenters. The Morgan fingerprint density at radius 1 is 1.16 bits per heavy atom. The van der Waals surface area contributed by atoms with Crippen molar-refractivity contribution in [3.05, 3.63) is 41.2 Å². The smallest absolute Gasteiger partial charge is 0.220 e. The third-order valence-electron chi connectivity index (χ3n) is 3.98. The number of para-hydroxylation sites is 1. The van der Waals surface area contributed by atoms with Gasteiger partial charge < -0.3 is 25.1 Å². The predicted octanol–water partition coefficient (Wildman–Crippen LogP) is 2.47. The molecule has 0 saturated carbocycles. The van der Waals surface area contributed by atoms with E-state index in [1.165, 1.54) is 20.3 Å². The van der Waals surface area contributed by atoms with E-state index in [9.17, 15) is 5.11 Å². The van der Waals surface area contributed by atoms with Crippen molar-refractivity contribution in [2.75, 3.05) is 20.0 Å². The Labute approximate surface area is 147 Å². The van der Waals surface area contributed by atoms with Gasteiger partial charge in [0.25, 0.3) is 0 Å². The van der Waals surface area contributed by atoms with Crippen molar-refractivity contribution in [1.29, 1.82) is 0 Å². The molecule has 2 aromatic rings. The lowest BCUT2D eigenvalue weighted by molar-refractivity contribution is 0.0511. The van der Waals surface area contributed by atoms with E-state index in [-0.39, 0.29) is 11.9 Å². The van der Waals surface area contributed by atoms with E-state index >= 15 is 0 Å². The second kappa shape index (κ2) is 8.64. The highest BCUT2D eigenvalue weighted by molar-refractivity contribution is 5.55. The molecule has 0 aliphatic heterocycles. The first-order chi connectivity index (χ1) is 12.0. The van der Waals surface area contributed by atoms with Gasteiger partial charge in [-0.15, -0.1) is 0 Å². The molecule has 2 atom stereocenters. The first-order valence-electron chi connectivity index (χ1n) is 8.14. The number of nitrogen functional groups attached to an aromatic ring is 1. The minimum Gasteiger partial charge on any atom is -0.481 e. The van der Waals surface area contributed by atoms with Crippen LogP contribution in [0.15, 0.2) is 24.3 Å². The molecule has 0 saturated heterocycles. The third-order valence-corrected chi connectivity index (χ3v) is 3.98. The van der Waals surface area contributed by atoms with E-state index in [4.69, 9.17) is 19.9 Å². The maximum Gasteiger partial charge on any atom is 0.220 e. The van der Waals surface area contributed by atoms with Crippen LogP contribution in [0.25, 0.3) is 0 Å². The quantitative estimate of drug-likeness (QED) is 0.708. The first kappa shape index (κ1) is 19.0. The molecule has 0 amide bonds. The Morgan fingerprint density at radius 3 is 2.36 bits per heavy atom. The van der Waals surface area contributed by atoms with Crippen LogP contribution in [0.3, 0.4) is 0 Å². The summed E-state index contributed by atoms with van der Waals surface area (Å²) in [6.07, 6.45) is -0.0499. The van der Waals surface area contributed by atoms with Crippen LogP contribution in [-0.4, -0.2) is 35.4 Å². The largest absolute Gasteiger partial charge is 0.481 e. The monoisotopic (exact) mass is 347 g/mol. The van der Waals surface area contributed by atoms with Gasteiger partial charge in [-0.2, -0.15) is 9.97 Å². The van der Waals surface area contributed by atoms with Gasteiger partial charge in [-0.05, 0) is 13.3 Å². The third kappa shape index (κ3) is 4.58. The molecule has 0 spiro atoms. The van der Waals surface area contributed by atoms with Crippen molar-refractivity contribution in [2.45, 2.75) is 39.1 Å². The van der Waals surface area contributed by atoms with Crippen molar-refractivity contribution in [3.63, 3.8) is 0 Å². The number of methoxy groups -OCH3 is 2. The molecule has 7 heteroatoms. The maximum atomic E-state index is 10.7. The SMILES string of the molecule is CCC(C)OCc1cccc(C(O)c2nc(OC)cc(OC)n2)c1N. The first-order valence-corrected chi connectivity index (χ1v) is 8.14. The zero-order valence-corrected chi connectivity index (χ0v) is 15.0. The van der Waals surface area contributed by atoms with Crippen molar-refractivity contribution >= 4 is 5.69 Å². The number of benzene rings is 1. The van der Waals surface area contributed by atoms with Crippen molar-refractivity contribution in [3.8, 4) is 11.8 Å². The minimum absolute atomic E-state index is 0.138. The van der Waals surface area contributed by atoms with E-state index in [0.717, 1.165) is 12.0 Å². The number of aromatic nitrogens is 2. The highest BCUT2D eigenvalue weighted by atomic mass is 16.5. The molecule has 2 rings (SSSR count). The van der Waals surface area contributed by atoms with Gasteiger partial charge in [0.2, 0.25) is 11.8 Å². The van der Waals surface area contributed by atoms with Gasteiger partial charge >= 0.3 is 0 Å². The summed E-state index contributed by atoms with van der Waals surface area (Å²) in [7, 11) is 2.97. The number of nitrogens with two attached hydrogens (primary N) is 1. The molecule has 0 radical (unpaired) electrons. The summed E-state index contributed by atoms with van der Waals surface area (Å²) in [5.41, 5.74) is 8.02. The van der Waals surface area contributed by atoms with E-state index in [0.29, 0.717) is 29.6 Å². The Morgan fingerprint density at radius 2 is 1.80 bits per heavy atom. The average Bonchev–Trinajstić information content (AvgIpc) is 2.65. The summed E-state index contributed by atoms with van der Waals surface area (Å²) in [4.78, 5) is 8.37. The number of aliphatic hydroxyl groups is 1.